The monoisotopic (exact) mass is 246 g/mol. The van der Waals surface area contributed by atoms with Gasteiger partial charge in [-0.05, 0) is 12.1 Å². The summed E-state index contributed by atoms with van der Waals surface area (Å²) >= 11 is 0. The van der Waals surface area contributed by atoms with Crippen molar-refractivity contribution < 1.29 is 18.0 Å². The Morgan fingerprint density at radius 1 is 1.29 bits per heavy atom. The van der Waals surface area contributed by atoms with E-state index in [0.29, 0.717) is 5.69 Å². The number of benzene rings is 1. The number of alkyl halides is 3. The molecule has 1 aromatic carbocycles. The Labute approximate surface area is 97.2 Å². The molecule has 0 saturated carbocycles. The molecule has 0 saturated heterocycles. The number of amides is 1. The summed E-state index contributed by atoms with van der Waals surface area (Å²) in [6, 6.07) is 3.77. The summed E-state index contributed by atoms with van der Waals surface area (Å²) in [6.45, 7) is 1.17. The average Bonchev–Trinajstić information content (AvgIpc) is 2.14. The summed E-state index contributed by atoms with van der Waals surface area (Å²) in [5.41, 5.74) is -0.744. The third-order valence-electron chi connectivity index (χ3n) is 2.13. The Morgan fingerprint density at radius 2 is 1.88 bits per heavy atom. The molecule has 0 aliphatic heterocycles. The van der Waals surface area contributed by atoms with Gasteiger partial charge in [-0.25, -0.2) is 0 Å². The molecule has 0 fully saturated rings. The van der Waals surface area contributed by atoms with E-state index < -0.39 is 17.6 Å². The first-order chi connectivity index (χ1) is 7.73. The molecule has 0 atom stereocenters. The lowest BCUT2D eigenvalue weighted by Crippen LogP contribution is -2.19. The van der Waals surface area contributed by atoms with Gasteiger partial charge in [-0.15, -0.1) is 0 Å². The average molecular weight is 246 g/mol. The number of carbonyl (C=O) groups is 1. The highest BCUT2D eigenvalue weighted by atomic mass is 19.4. The summed E-state index contributed by atoms with van der Waals surface area (Å²) in [5, 5.41) is 2.23. The van der Waals surface area contributed by atoms with Crippen LogP contribution in [-0.2, 0) is 11.0 Å². The van der Waals surface area contributed by atoms with Crippen LogP contribution < -0.4 is 10.2 Å². The number of nitrogens with zero attached hydrogens (tertiary/aromatic N) is 1. The Bertz CT molecular complexity index is 427. The van der Waals surface area contributed by atoms with Gasteiger partial charge in [0.25, 0.3) is 0 Å². The van der Waals surface area contributed by atoms with Crippen molar-refractivity contribution in [2.45, 2.75) is 13.1 Å². The Morgan fingerprint density at radius 3 is 2.29 bits per heavy atom. The molecule has 1 N–H and O–H groups in total. The van der Waals surface area contributed by atoms with Gasteiger partial charge in [-0.3, -0.25) is 4.79 Å². The smallest absolute Gasteiger partial charge is 0.376 e. The molecule has 0 aliphatic carbocycles. The van der Waals surface area contributed by atoms with Crippen molar-refractivity contribution in [2.24, 2.45) is 0 Å². The van der Waals surface area contributed by atoms with Crippen molar-refractivity contribution in [3.05, 3.63) is 23.8 Å². The normalized spacial score (nSPS) is 11.2. The first kappa shape index (κ1) is 13.3. The number of hydrogen-bond donors (Lipinski definition) is 1. The zero-order valence-electron chi connectivity index (χ0n) is 9.72. The quantitative estimate of drug-likeness (QED) is 0.870. The summed E-state index contributed by atoms with van der Waals surface area (Å²) in [4.78, 5) is 12.5. The van der Waals surface area contributed by atoms with Crippen LogP contribution >= 0.6 is 0 Å². The van der Waals surface area contributed by atoms with Crippen LogP contribution in [0, 0.1) is 0 Å². The summed E-state index contributed by atoms with van der Waals surface area (Å²) < 4.78 is 38.3. The standard InChI is InChI=1S/C11H13F3N2O/c1-7(17)15-10-8(11(12,13)14)5-4-6-9(10)16(2)3/h4-6H,1-3H3,(H,15,17). The van der Waals surface area contributed by atoms with Crippen molar-refractivity contribution in [2.75, 3.05) is 24.3 Å². The summed E-state index contributed by atoms with van der Waals surface area (Å²) in [6.07, 6.45) is -4.50. The first-order valence-electron chi connectivity index (χ1n) is 4.88. The number of hydrogen-bond acceptors (Lipinski definition) is 2. The van der Waals surface area contributed by atoms with E-state index in [1.54, 1.807) is 14.1 Å². The fourth-order valence-corrected chi connectivity index (χ4v) is 1.46. The maximum Gasteiger partial charge on any atom is 0.418 e. The van der Waals surface area contributed by atoms with E-state index >= 15 is 0 Å². The minimum atomic E-state index is -4.50. The van der Waals surface area contributed by atoms with Gasteiger partial charge >= 0.3 is 6.18 Å². The Kier molecular flexibility index (Phi) is 3.65. The second kappa shape index (κ2) is 4.65. The van der Waals surface area contributed by atoms with E-state index in [1.807, 2.05) is 0 Å². The molecular formula is C11H13F3N2O. The maximum absolute atomic E-state index is 12.8. The molecule has 0 heterocycles. The van der Waals surface area contributed by atoms with Crippen LogP contribution in [0.2, 0.25) is 0 Å². The summed E-state index contributed by atoms with van der Waals surface area (Å²) in [7, 11) is 3.22. The molecule has 1 amide bonds. The second-order valence-corrected chi connectivity index (χ2v) is 3.77. The zero-order chi connectivity index (χ0) is 13.2. The molecule has 0 aromatic heterocycles. The number of nitrogens with one attached hydrogen (secondary N) is 1. The molecule has 6 heteroatoms. The van der Waals surface area contributed by atoms with Gasteiger partial charge in [0.2, 0.25) is 5.91 Å². The lowest BCUT2D eigenvalue weighted by atomic mass is 10.1. The third kappa shape index (κ3) is 3.12. The number of carbonyl (C=O) groups excluding carboxylic acids is 1. The molecule has 1 aromatic rings. The van der Waals surface area contributed by atoms with Crippen molar-refractivity contribution >= 4 is 17.3 Å². The Balaban J connectivity index is 3.39. The van der Waals surface area contributed by atoms with Gasteiger partial charge in [0.1, 0.15) is 0 Å². The number of anilines is 2. The SMILES string of the molecule is CC(=O)Nc1c(N(C)C)cccc1C(F)(F)F. The molecule has 0 bridgehead atoms. The highest BCUT2D eigenvalue weighted by Crippen LogP contribution is 2.39. The molecule has 0 unspecified atom stereocenters. The Hall–Kier alpha value is -1.72. The van der Waals surface area contributed by atoms with E-state index in [-0.39, 0.29) is 5.69 Å². The van der Waals surface area contributed by atoms with Gasteiger partial charge in [0.15, 0.2) is 0 Å². The van der Waals surface area contributed by atoms with Crippen LogP contribution in [0.5, 0.6) is 0 Å². The molecular weight excluding hydrogens is 233 g/mol. The van der Waals surface area contributed by atoms with E-state index in [0.717, 1.165) is 6.07 Å². The maximum atomic E-state index is 12.8. The third-order valence-corrected chi connectivity index (χ3v) is 2.13. The number of halogens is 3. The van der Waals surface area contributed by atoms with E-state index in [2.05, 4.69) is 5.32 Å². The molecule has 0 aliphatic rings. The lowest BCUT2D eigenvalue weighted by Gasteiger charge is -2.21. The lowest BCUT2D eigenvalue weighted by molar-refractivity contribution is -0.136. The van der Waals surface area contributed by atoms with Gasteiger partial charge in [-0.2, -0.15) is 13.2 Å². The fraction of sp³-hybridized carbons (Fsp3) is 0.364. The predicted octanol–water partition coefficient (Wildman–Crippen LogP) is 2.73. The van der Waals surface area contributed by atoms with Crippen LogP contribution in [0.25, 0.3) is 0 Å². The van der Waals surface area contributed by atoms with Crippen LogP contribution in [-0.4, -0.2) is 20.0 Å². The van der Waals surface area contributed by atoms with Crippen LogP contribution in [0.3, 0.4) is 0 Å². The molecule has 1 rings (SSSR count). The molecule has 17 heavy (non-hydrogen) atoms. The second-order valence-electron chi connectivity index (χ2n) is 3.77. The van der Waals surface area contributed by atoms with Crippen molar-refractivity contribution in [3.8, 4) is 0 Å². The predicted molar refractivity (Wildman–Crippen MR) is 60.1 cm³/mol. The molecule has 0 spiro atoms. The number of rotatable bonds is 2. The minimum absolute atomic E-state index is 0.211. The van der Waals surface area contributed by atoms with Crippen molar-refractivity contribution in [1.29, 1.82) is 0 Å². The first-order valence-corrected chi connectivity index (χ1v) is 4.88. The van der Waals surface area contributed by atoms with E-state index in [9.17, 15) is 18.0 Å². The van der Waals surface area contributed by atoms with Crippen LogP contribution in [0.15, 0.2) is 18.2 Å². The van der Waals surface area contributed by atoms with Crippen molar-refractivity contribution in [1.82, 2.24) is 0 Å². The fourth-order valence-electron chi connectivity index (χ4n) is 1.46. The topological polar surface area (TPSA) is 32.3 Å². The van der Waals surface area contributed by atoms with E-state index in [4.69, 9.17) is 0 Å². The van der Waals surface area contributed by atoms with Gasteiger partial charge < -0.3 is 10.2 Å². The number of para-hydroxylation sites is 1. The largest absolute Gasteiger partial charge is 0.418 e. The van der Waals surface area contributed by atoms with Crippen LogP contribution in [0.4, 0.5) is 24.5 Å². The summed E-state index contributed by atoms with van der Waals surface area (Å²) in [5.74, 6) is -0.537. The van der Waals surface area contributed by atoms with Gasteiger partial charge in [-0.1, -0.05) is 6.07 Å². The molecule has 94 valence electrons. The highest BCUT2D eigenvalue weighted by Gasteiger charge is 2.35. The minimum Gasteiger partial charge on any atom is -0.376 e. The molecule has 0 radical (unpaired) electrons. The van der Waals surface area contributed by atoms with Crippen molar-refractivity contribution in [3.63, 3.8) is 0 Å². The van der Waals surface area contributed by atoms with Crippen LogP contribution in [0.1, 0.15) is 12.5 Å². The van der Waals surface area contributed by atoms with E-state index in [1.165, 1.54) is 24.0 Å². The highest BCUT2D eigenvalue weighted by molar-refractivity contribution is 5.94. The molecule has 3 nitrogen and oxygen atoms in total. The van der Waals surface area contributed by atoms with Gasteiger partial charge in [0, 0.05) is 21.0 Å². The zero-order valence-corrected chi connectivity index (χ0v) is 9.72. The van der Waals surface area contributed by atoms with Gasteiger partial charge in [0.05, 0.1) is 16.9 Å².